The second kappa shape index (κ2) is 52.0. The molecular weight excluding hydrogens is 751 g/mol. The largest absolute Gasteiger partial charge is 0.394 e. The molecule has 5 nitrogen and oxygen atoms in total. The zero-order valence-corrected chi connectivity index (χ0v) is 41.8. The molecule has 0 saturated heterocycles. The molecule has 366 valence electrons. The van der Waals surface area contributed by atoms with Crippen molar-refractivity contribution in [1.82, 2.24) is 5.32 Å². The van der Waals surface area contributed by atoms with Gasteiger partial charge in [-0.1, -0.05) is 309 Å². The Morgan fingerprint density at radius 2 is 0.557 bits per heavy atom. The van der Waals surface area contributed by atoms with E-state index in [9.17, 15) is 20.1 Å². The van der Waals surface area contributed by atoms with E-state index in [4.69, 9.17) is 0 Å². The van der Waals surface area contributed by atoms with Crippen LogP contribution in [-0.4, -0.2) is 46.1 Å². The van der Waals surface area contributed by atoms with Gasteiger partial charge in [0.1, 0.15) is 6.10 Å². The highest BCUT2D eigenvalue weighted by molar-refractivity contribution is 5.76. The van der Waals surface area contributed by atoms with Crippen molar-refractivity contribution in [3.05, 3.63) is 0 Å². The first-order valence-corrected chi connectivity index (χ1v) is 28.3. The fraction of sp³-hybridized carbons (Fsp3) is 0.982. The van der Waals surface area contributed by atoms with Crippen molar-refractivity contribution in [1.29, 1.82) is 0 Å². The van der Waals surface area contributed by atoms with Crippen LogP contribution < -0.4 is 5.32 Å². The second-order valence-corrected chi connectivity index (χ2v) is 19.9. The maximum atomic E-state index is 12.5. The summed E-state index contributed by atoms with van der Waals surface area (Å²) in [4.78, 5) is 12.5. The predicted octanol–water partition coefficient (Wildman–Crippen LogP) is 17.3. The number of hydrogen-bond donors (Lipinski definition) is 4. The van der Waals surface area contributed by atoms with Crippen LogP contribution in [0, 0.1) is 0 Å². The summed E-state index contributed by atoms with van der Waals surface area (Å²) in [6.45, 7) is 4.23. The summed E-state index contributed by atoms with van der Waals surface area (Å²) in [6.07, 6.45) is 62.6. The van der Waals surface area contributed by atoms with Crippen LogP contribution in [-0.2, 0) is 4.79 Å². The van der Waals surface area contributed by atoms with Crippen molar-refractivity contribution in [3.8, 4) is 0 Å². The molecule has 0 heterocycles. The Bertz CT molecular complexity index is 822. The number of unbranched alkanes of at least 4 members (excludes halogenated alkanes) is 45. The fourth-order valence-corrected chi connectivity index (χ4v) is 9.34. The summed E-state index contributed by atoms with van der Waals surface area (Å²) in [5.41, 5.74) is 0. The van der Waals surface area contributed by atoms with E-state index in [0.29, 0.717) is 12.8 Å². The van der Waals surface area contributed by atoms with Gasteiger partial charge in [0.2, 0.25) is 5.91 Å². The number of rotatable bonds is 53. The molecule has 3 unspecified atom stereocenters. The van der Waals surface area contributed by atoms with Crippen molar-refractivity contribution < 1.29 is 20.1 Å². The minimum Gasteiger partial charge on any atom is -0.394 e. The van der Waals surface area contributed by atoms with Gasteiger partial charge >= 0.3 is 0 Å². The van der Waals surface area contributed by atoms with E-state index >= 15 is 0 Å². The summed E-state index contributed by atoms with van der Waals surface area (Å²) in [6, 6.07) is -0.804. The molecular formula is C56H113NO4. The molecule has 0 aromatic heterocycles. The molecule has 0 radical (unpaired) electrons. The maximum absolute atomic E-state index is 12.5. The summed E-state index contributed by atoms with van der Waals surface area (Å²) in [7, 11) is 0. The molecule has 1 amide bonds. The van der Waals surface area contributed by atoms with Crippen LogP contribution in [0.3, 0.4) is 0 Å². The van der Waals surface area contributed by atoms with E-state index in [1.807, 2.05) is 0 Å². The molecule has 0 aliphatic rings. The second-order valence-electron chi connectivity index (χ2n) is 19.9. The molecule has 5 heteroatoms. The van der Waals surface area contributed by atoms with Crippen molar-refractivity contribution >= 4 is 5.91 Å². The van der Waals surface area contributed by atoms with E-state index in [-0.39, 0.29) is 12.5 Å². The number of aliphatic hydroxyl groups is 3. The highest BCUT2D eigenvalue weighted by atomic mass is 16.3. The van der Waals surface area contributed by atoms with Gasteiger partial charge in [-0.15, -0.1) is 0 Å². The lowest BCUT2D eigenvalue weighted by Gasteiger charge is -2.26. The Kier molecular flexibility index (Phi) is 51.4. The Hall–Kier alpha value is -0.650. The lowest BCUT2D eigenvalue weighted by Crippen LogP contribution is -2.50. The van der Waals surface area contributed by atoms with E-state index in [1.54, 1.807) is 0 Å². The third-order valence-corrected chi connectivity index (χ3v) is 13.7. The van der Waals surface area contributed by atoms with Crippen LogP contribution in [0.25, 0.3) is 0 Å². The lowest BCUT2D eigenvalue weighted by molar-refractivity contribution is -0.124. The van der Waals surface area contributed by atoms with Crippen LogP contribution in [0.5, 0.6) is 0 Å². The van der Waals surface area contributed by atoms with Crippen molar-refractivity contribution in [2.45, 2.75) is 347 Å². The summed E-state index contributed by atoms with van der Waals surface area (Å²) in [5.74, 6) is -0.135. The molecule has 0 fully saturated rings. The topological polar surface area (TPSA) is 89.8 Å². The van der Waals surface area contributed by atoms with Gasteiger partial charge in [-0.25, -0.2) is 0 Å². The number of aliphatic hydroxyl groups excluding tert-OH is 3. The molecule has 0 aromatic carbocycles. The molecule has 0 rings (SSSR count). The number of carbonyl (C=O) groups is 1. The highest BCUT2D eigenvalue weighted by Gasteiger charge is 2.26. The average Bonchev–Trinajstić information content (AvgIpc) is 3.26. The first-order chi connectivity index (χ1) is 30.1. The minimum atomic E-state index is -1.13. The van der Waals surface area contributed by atoms with Crippen LogP contribution in [0.2, 0.25) is 0 Å². The SMILES string of the molecule is CCCCCCCCCCCCCCCCCCCCCCCCCCCC(=O)NC(CO)C(O)C(O)CCCCCCCCCCCCCCCCCCCCCCCC. The first kappa shape index (κ1) is 60.4. The van der Waals surface area contributed by atoms with Gasteiger partial charge in [-0.2, -0.15) is 0 Å². The van der Waals surface area contributed by atoms with E-state index < -0.39 is 18.2 Å². The van der Waals surface area contributed by atoms with E-state index in [2.05, 4.69) is 19.2 Å². The Labute approximate surface area is 383 Å². The monoisotopic (exact) mass is 864 g/mol. The lowest BCUT2D eigenvalue weighted by atomic mass is 9.99. The van der Waals surface area contributed by atoms with Crippen molar-refractivity contribution in [3.63, 3.8) is 0 Å². The molecule has 0 aliphatic carbocycles. The van der Waals surface area contributed by atoms with Gasteiger partial charge in [0.15, 0.2) is 0 Å². The van der Waals surface area contributed by atoms with Crippen LogP contribution >= 0.6 is 0 Å². The van der Waals surface area contributed by atoms with Crippen molar-refractivity contribution in [2.75, 3.05) is 6.61 Å². The maximum Gasteiger partial charge on any atom is 0.220 e. The van der Waals surface area contributed by atoms with Gasteiger partial charge < -0.3 is 20.6 Å². The van der Waals surface area contributed by atoms with E-state index in [1.165, 1.54) is 270 Å². The minimum absolute atomic E-state index is 0.135. The molecule has 0 spiro atoms. The Morgan fingerprint density at radius 1 is 0.344 bits per heavy atom. The highest BCUT2D eigenvalue weighted by Crippen LogP contribution is 2.19. The third kappa shape index (κ3) is 47.1. The van der Waals surface area contributed by atoms with Crippen LogP contribution in [0.4, 0.5) is 0 Å². The van der Waals surface area contributed by atoms with Crippen LogP contribution in [0.15, 0.2) is 0 Å². The van der Waals surface area contributed by atoms with Gasteiger partial charge in [0, 0.05) is 6.42 Å². The fourth-order valence-electron chi connectivity index (χ4n) is 9.34. The Balaban J connectivity index is 3.49. The van der Waals surface area contributed by atoms with Crippen LogP contribution in [0.1, 0.15) is 328 Å². The standard InChI is InChI=1S/C56H113NO4/c1-3-5-7-9-11-13-15-17-19-21-23-25-27-28-29-31-33-35-37-39-41-43-45-47-49-51-55(60)57-53(52-58)56(61)54(59)50-48-46-44-42-40-38-36-34-32-30-26-24-22-20-18-16-14-12-10-8-6-4-2/h53-54,56,58-59,61H,3-52H2,1-2H3,(H,57,60). The molecule has 0 aliphatic heterocycles. The van der Waals surface area contributed by atoms with E-state index in [0.717, 1.165) is 32.1 Å². The van der Waals surface area contributed by atoms with Gasteiger partial charge in [0.25, 0.3) is 0 Å². The van der Waals surface area contributed by atoms with Gasteiger partial charge in [-0.05, 0) is 12.8 Å². The summed E-state index contributed by atoms with van der Waals surface area (Å²) in [5, 5.41) is 33.8. The first-order valence-electron chi connectivity index (χ1n) is 28.3. The smallest absolute Gasteiger partial charge is 0.220 e. The van der Waals surface area contributed by atoms with Gasteiger partial charge in [0.05, 0.1) is 18.8 Å². The molecule has 0 aromatic rings. The molecule has 61 heavy (non-hydrogen) atoms. The molecule has 3 atom stereocenters. The quantitative estimate of drug-likeness (QED) is 0.0459. The average molecular weight is 865 g/mol. The Morgan fingerprint density at radius 3 is 0.787 bits per heavy atom. The number of amides is 1. The molecule has 4 N–H and O–H groups in total. The summed E-state index contributed by atoms with van der Waals surface area (Å²) < 4.78 is 0. The third-order valence-electron chi connectivity index (χ3n) is 13.7. The molecule has 0 bridgehead atoms. The summed E-state index contributed by atoms with van der Waals surface area (Å²) >= 11 is 0. The van der Waals surface area contributed by atoms with Crippen molar-refractivity contribution in [2.24, 2.45) is 0 Å². The number of carbonyl (C=O) groups excluding carboxylic acids is 1. The molecule has 0 saturated carbocycles. The number of nitrogens with one attached hydrogen (secondary N) is 1. The van der Waals surface area contributed by atoms with Gasteiger partial charge in [-0.3, -0.25) is 4.79 Å². The number of hydrogen-bond acceptors (Lipinski definition) is 4. The predicted molar refractivity (Wildman–Crippen MR) is 269 cm³/mol. The normalized spacial score (nSPS) is 13.2. The zero-order chi connectivity index (χ0) is 44.4. The zero-order valence-electron chi connectivity index (χ0n) is 41.8.